The summed E-state index contributed by atoms with van der Waals surface area (Å²) in [7, 11) is 0. The van der Waals surface area contributed by atoms with Gasteiger partial charge in [-0.1, -0.05) is 91.0 Å². The summed E-state index contributed by atoms with van der Waals surface area (Å²) in [6.45, 7) is 0.605. The van der Waals surface area contributed by atoms with Gasteiger partial charge in [0.15, 0.2) is 0 Å². The van der Waals surface area contributed by atoms with Gasteiger partial charge in [0.1, 0.15) is 0 Å². The van der Waals surface area contributed by atoms with E-state index in [-0.39, 0.29) is 22.4 Å². The molecule has 0 aliphatic rings. The van der Waals surface area contributed by atoms with E-state index in [2.05, 4.69) is 91.0 Å². The molecular weight excluding hydrogens is 358 g/mol. The zero-order chi connectivity index (χ0) is 16.0. The molecule has 0 spiro atoms. The van der Waals surface area contributed by atoms with Gasteiger partial charge < -0.3 is 5.73 Å². The smallest absolute Gasteiger partial charge is 0.0328 e. The van der Waals surface area contributed by atoms with Gasteiger partial charge in [0.25, 0.3) is 0 Å². The monoisotopic (exact) mass is 381 g/mol. The van der Waals surface area contributed by atoms with Crippen LogP contribution in [0.4, 0.5) is 0 Å². The van der Waals surface area contributed by atoms with Crippen LogP contribution < -0.4 is 5.73 Å². The van der Waals surface area contributed by atoms with E-state index in [0.29, 0.717) is 6.54 Å². The third-order valence-electron chi connectivity index (χ3n) is 4.68. The minimum absolute atomic E-state index is 0. The molecule has 0 fully saturated rings. The van der Waals surface area contributed by atoms with Crippen LogP contribution >= 0.6 is 17.0 Å². The van der Waals surface area contributed by atoms with Gasteiger partial charge >= 0.3 is 0 Å². The van der Waals surface area contributed by atoms with Crippen molar-refractivity contribution in [3.05, 3.63) is 108 Å². The fraction of sp³-hybridized carbons (Fsp3) is 0.182. The zero-order valence-electron chi connectivity index (χ0n) is 13.8. The van der Waals surface area contributed by atoms with Crippen LogP contribution in [-0.2, 0) is 11.8 Å². The van der Waals surface area contributed by atoms with Crippen LogP contribution in [0, 0.1) is 0 Å². The molecule has 0 saturated heterocycles. The van der Waals surface area contributed by atoms with Gasteiger partial charge in [0.2, 0.25) is 0 Å². The molecule has 0 bridgehead atoms. The van der Waals surface area contributed by atoms with Crippen LogP contribution in [0.3, 0.4) is 0 Å². The van der Waals surface area contributed by atoms with Gasteiger partial charge in [-0.15, -0.1) is 17.0 Å². The van der Waals surface area contributed by atoms with Gasteiger partial charge in [-0.3, -0.25) is 0 Å². The molecule has 0 radical (unpaired) electrons. The minimum atomic E-state index is -0.141. The summed E-state index contributed by atoms with van der Waals surface area (Å²) in [5.74, 6) is 0. The van der Waals surface area contributed by atoms with E-state index in [1.807, 2.05) is 0 Å². The van der Waals surface area contributed by atoms with E-state index in [9.17, 15) is 0 Å². The SMILES string of the molecule is Br.NCC(CCc1ccccc1)(c1ccccc1)c1ccccc1. The normalized spacial score (nSPS) is 10.9. The van der Waals surface area contributed by atoms with Gasteiger partial charge in [-0.25, -0.2) is 0 Å². The Morgan fingerprint density at radius 3 is 1.46 bits per heavy atom. The molecule has 2 N–H and O–H groups in total. The first-order valence-electron chi connectivity index (χ1n) is 8.20. The molecule has 0 heterocycles. The predicted molar refractivity (Wildman–Crippen MR) is 108 cm³/mol. The van der Waals surface area contributed by atoms with E-state index < -0.39 is 0 Å². The Kier molecular flexibility index (Phi) is 6.77. The average molecular weight is 382 g/mol. The Morgan fingerprint density at radius 1 is 0.625 bits per heavy atom. The number of halogens is 1. The molecule has 24 heavy (non-hydrogen) atoms. The van der Waals surface area contributed by atoms with Gasteiger partial charge in [-0.2, -0.15) is 0 Å². The van der Waals surface area contributed by atoms with Crippen molar-refractivity contribution >= 4 is 17.0 Å². The molecule has 0 atom stereocenters. The molecule has 3 rings (SSSR count). The van der Waals surface area contributed by atoms with E-state index in [1.54, 1.807) is 0 Å². The summed E-state index contributed by atoms with van der Waals surface area (Å²) in [4.78, 5) is 0. The maximum absolute atomic E-state index is 6.34. The summed E-state index contributed by atoms with van der Waals surface area (Å²) in [5.41, 5.74) is 10.1. The number of aryl methyl sites for hydroxylation is 1. The van der Waals surface area contributed by atoms with Crippen LogP contribution in [0.1, 0.15) is 23.1 Å². The maximum atomic E-state index is 6.34. The lowest BCUT2D eigenvalue weighted by Gasteiger charge is -2.34. The highest BCUT2D eigenvalue weighted by molar-refractivity contribution is 8.93. The van der Waals surface area contributed by atoms with Crippen molar-refractivity contribution < 1.29 is 0 Å². The average Bonchev–Trinajstić information content (AvgIpc) is 2.65. The molecular formula is C22H24BrN. The van der Waals surface area contributed by atoms with Crippen molar-refractivity contribution in [3.63, 3.8) is 0 Å². The molecule has 0 amide bonds. The molecule has 0 aliphatic carbocycles. The van der Waals surface area contributed by atoms with E-state index >= 15 is 0 Å². The standard InChI is InChI=1S/C22H23N.BrH/c23-18-22(20-12-6-2-7-13-20,21-14-8-3-9-15-21)17-16-19-10-4-1-5-11-19;/h1-15H,16-18,23H2;1H. The summed E-state index contributed by atoms with van der Waals surface area (Å²) >= 11 is 0. The van der Waals surface area contributed by atoms with Crippen LogP contribution in [0.2, 0.25) is 0 Å². The van der Waals surface area contributed by atoms with Crippen molar-refractivity contribution in [1.29, 1.82) is 0 Å². The first-order chi connectivity index (χ1) is 11.3. The number of rotatable bonds is 6. The third-order valence-corrected chi connectivity index (χ3v) is 4.68. The Morgan fingerprint density at radius 2 is 1.04 bits per heavy atom. The fourth-order valence-electron chi connectivity index (χ4n) is 3.31. The third kappa shape index (κ3) is 3.95. The number of nitrogens with two attached hydrogens (primary N) is 1. The van der Waals surface area contributed by atoms with Gasteiger partial charge in [0, 0.05) is 12.0 Å². The second kappa shape index (κ2) is 8.81. The van der Waals surface area contributed by atoms with E-state index in [1.165, 1.54) is 16.7 Å². The lowest BCUT2D eigenvalue weighted by atomic mass is 9.71. The molecule has 0 aromatic heterocycles. The van der Waals surface area contributed by atoms with Crippen molar-refractivity contribution in [1.82, 2.24) is 0 Å². The van der Waals surface area contributed by atoms with Crippen LogP contribution in [-0.4, -0.2) is 6.54 Å². The molecule has 124 valence electrons. The number of hydrogen-bond acceptors (Lipinski definition) is 1. The molecule has 3 aromatic rings. The highest BCUT2D eigenvalue weighted by Crippen LogP contribution is 2.35. The summed E-state index contributed by atoms with van der Waals surface area (Å²) < 4.78 is 0. The second-order valence-electron chi connectivity index (χ2n) is 6.00. The quantitative estimate of drug-likeness (QED) is 0.628. The topological polar surface area (TPSA) is 26.0 Å². The van der Waals surface area contributed by atoms with Crippen LogP contribution in [0.15, 0.2) is 91.0 Å². The molecule has 0 saturated carbocycles. The Balaban J connectivity index is 0.00000208. The van der Waals surface area contributed by atoms with E-state index in [4.69, 9.17) is 5.73 Å². The van der Waals surface area contributed by atoms with Crippen LogP contribution in [0.5, 0.6) is 0 Å². The summed E-state index contributed by atoms with van der Waals surface area (Å²) in [5, 5.41) is 0. The largest absolute Gasteiger partial charge is 0.329 e. The Hall–Kier alpha value is -1.90. The Labute approximate surface area is 155 Å². The Bertz CT molecular complexity index is 671. The minimum Gasteiger partial charge on any atom is -0.329 e. The van der Waals surface area contributed by atoms with Crippen molar-refractivity contribution in [2.75, 3.05) is 6.54 Å². The van der Waals surface area contributed by atoms with Gasteiger partial charge in [-0.05, 0) is 29.5 Å². The highest BCUT2D eigenvalue weighted by atomic mass is 79.9. The second-order valence-corrected chi connectivity index (χ2v) is 6.00. The van der Waals surface area contributed by atoms with E-state index in [0.717, 1.165) is 12.8 Å². The highest BCUT2D eigenvalue weighted by Gasteiger charge is 2.32. The molecule has 0 aliphatic heterocycles. The first-order valence-corrected chi connectivity index (χ1v) is 8.20. The fourth-order valence-corrected chi connectivity index (χ4v) is 3.31. The predicted octanol–water partition coefficient (Wildman–Crippen LogP) is 5.14. The van der Waals surface area contributed by atoms with Crippen LogP contribution in [0.25, 0.3) is 0 Å². The van der Waals surface area contributed by atoms with Gasteiger partial charge in [0.05, 0.1) is 0 Å². The lowest BCUT2D eigenvalue weighted by Crippen LogP contribution is -2.37. The summed E-state index contributed by atoms with van der Waals surface area (Å²) in [6.07, 6.45) is 2.02. The molecule has 3 aromatic carbocycles. The molecule has 0 unspecified atom stereocenters. The van der Waals surface area contributed by atoms with Crippen molar-refractivity contribution in [2.45, 2.75) is 18.3 Å². The molecule has 2 heteroatoms. The first kappa shape index (κ1) is 18.4. The number of benzene rings is 3. The summed E-state index contributed by atoms with van der Waals surface area (Å²) in [6, 6.07) is 32.0. The maximum Gasteiger partial charge on any atom is 0.0328 e. The van der Waals surface area contributed by atoms with Crippen molar-refractivity contribution in [3.8, 4) is 0 Å². The number of hydrogen-bond donors (Lipinski definition) is 1. The van der Waals surface area contributed by atoms with Crippen molar-refractivity contribution in [2.24, 2.45) is 5.73 Å². The lowest BCUT2D eigenvalue weighted by molar-refractivity contribution is 0.483. The zero-order valence-corrected chi connectivity index (χ0v) is 15.5. The molecule has 1 nitrogen and oxygen atoms in total.